The third-order valence-corrected chi connectivity index (χ3v) is 2.64. The van der Waals surface area contributed by atoms with Crippen LogP contribution in [-0.4, -0.2) is 34.4 Å². The van der Waals surface area contributed by atoms with Gasteiger partial charge in [0.1, 0.15) is 5.76 Å². The quantitative estimate of drug-likeness (QED) is 0.359. The largest absolute Gasteiger partial charge is 0.469 e. The molecule has 0 saturated heterocycles. The lowest BCUT2D eigenvalue weighted by Gasteiger charge is -2.25. The van der Waals surface area contributed by atoms with Crippen LogP contribution in [0.3, 0.4) is 0 Å². The fourth-order valence-electron chi connectivity index (χ4n) is 1.65. The summed E-state index contributed by atoms with van der Waals surface area (Å²) in [6.45, 7) is 5.74. The molecular weight excluding hydrogens is 234 g/mol. The second kappa shape index (κ2) is 6.09. The van der Waals surface area contributed by atoms with E-state index >= 15 is 0 Å². The number of nitrogens with two attached hydrogens (primary N) is 1. The van der Waals surface area contributed by atoms with Crippen LogP contribution in [-0.2, 0) is 6.42 Å². The van der Waals surface area contributed by atoms with Gasteiger partial charge in [0, 0.05) is 12.5 Å². The van der Waals surface area contributed by atoms with Crippen molar-refractivity contribution < 1.29 is 14.4 Å². The number of carbonyl (C=O) groups excluding carboxylic acids is 1. The number of amidine groups is 1. The van der Waals surface area contributed by atoms with Gasteiger partial charge in [-0.1, -0.05) is 12.1 Å². The predicted octanol–water partition coefficient (Wildman–Crippen LogP) is 1.44. The van der Waals surface area contributed by atoms with Gasteiger partial charge in [-0.05, 0) is 19.9 Å². The van der Waals surface area contributed by atoms with Crippen LogP contribution < -0.4 is 5.73 Å². The Kier molecular flexibility index (Phi) is 4.76. The fourth-order valence-corrected chi connectivity index (χ4v) is 1.65. The van der Waals surface area contributed by atoms with E-state index in [9.17, 15) is 4.79 Å². The summed E-state index contributed by atoms with van der Waals surface area (Å²) < 4.78 is 5.24. The van der Waals surface area contributed by atoms with Crippen molar-refractivity contribution in [2.45, 2.75) is 33.2 Å². The molecule has 0 fully saturated rings. The third-order valence-electron chi connectivity index (χ3n) is 2.64. The molecule has 0 aliphatic carbocycles. The molecule has 0 aromatic carbocycles. The molecule has 0 aliphatic rings. The first kappa shape index (κ1) is 14.1. The number of hydrogen-bond donors (Lipinski definition) is 2. The van der Waals surface area contributed by atoms with Gasteiger partial charge in [-0.15, -0.1) is 0 Å². The Bertz CT molecular complexity index is 438. The van der Waals surface area contributed by atoms with Gasteiger partial charge in [-0.2, -0.15) is 0 Å². The molecule has 1 heterocycles. The smallest absolute Gasteiger partial charge is 0.258 e. The number of rotatable bonds is 5. The van der Waals surface area contributed by atoms with Crippen molar-refractivity contribution >= 4 is 11.7 Å². The van der Waals surface area contributed by atoms with Crippen molar-refractivity contribution in [3.63, 3.8) is 0 Å². The average molecular weight is 253 g/mol. The van der Waals surface area contributed by atoms with Crippen molar-refractivity contribution in [2.24, 2.45) is 10.9 Å². The Balaban J connectivity index is 2.96. The Morgan fingerprint density at radius 3 is 2.78 bits per heavy atom. The van der Waals surface area contributed by atoms with Crippen molar-refractivity contribution in [1.29, 1.82) is 0 Å². The summed E-state index contributed by atoms with van der Waals surface area (Å²) >= 11 is 0. The van der Waals surface area contributed by atoms with E-state index in [1.54, 1.807) is 6.07 Å². The summed E-state index contributed by atoms with van der Waals surface area (Å²) in [7, 11) is 0. The van der Waals surface area contributed by atoms with Crippen molar-refractivity contribution in [3.05, 3.63) is 23.7 Å². The Morgan fingerprint density at radius 2 is 2.28 bits per heavy atom. The molecule has 0 unspecified atom stereocenters. The number of oxime groups is 1. The summed E-state index contributed by atoms with van der Waals surface area (Å²) in [5.74, 6) is 0.464. The number of carbonyl (C=O) groups is 1. The molecule has 1 aromatic heterocycles. The fraction of sp³-hybridized carbons (Fsp3) is 0.500. The van der Waals surface area contributed by atoms with Gasteiger partial charge in [0.15, 0.2) is 5.84 Å². The summed E-state index contributed by atoms with van der Waals surface area (Å²) in [5.41, 5.74) is 5.98. The lowest BCUT2D eigenvalue weighted by molar-refractivity contribution is 0.0732. The Morgan fingerprint density at radius 1 is 1.61 bits per heavy atom. The van der Waals surface area contributed by atoms with E-state index in [4.69, 9.17) is 15.4 Å². The maximum Gasteiger partial charge on any atom is 0.258 e. The molecule has 6 heteroatoms. The monoisotopic (exact) mass is 253 g/mol. The summed E-state index contributed by atoms with van der Waals surface area (Å²) in [5, 5.41) is 11.5. The number of amides is 1. The van der Waals surface area contributed by atoms with E-state index in [1.165, 1.54) is 11.2 Å². The van der Waals surface area contributed by atoms with E-state index in [2.05, 4.69) is 5.16 Å². The lowest BCUT2D eigenvalue weighted by atomic mass is 10.1. The average Bonchev–Trinajstić information content (AvgIpc) is 2.82. The number of nitrogens with zero attached hydrogens (tertiary/aromatic N) is 2. The highest BCUT2D eigenvalue weighted by Gasteiger charge is 2.23. The zero-order valence-electron chi connectivity index (χ0n) is 10.9. The molecule has 0 radical (unpaired) electrons. The lowest BCUT2D eigenvalue weighted by Crippen LogP contribution is -2.43. The number of hydrogen-bond acceptors (Lipinski definition) is 4. The first-order chi connectivity index (χ1) is 8.51. The maximum absolute atomic E-state index is 12.4. The molecule has 0 bridgehead atoms. The van der Waals surface area contributed by atoms with Gasteiger partial charge >= 0.3 is 0 Å². The SMILES string of the molecule is CCc1occc1C(=O)N(C/C(N)=N/O)C(C)C. The van der Waals surface area contributed by atoms with Crippen LogP contribution in [0.15, 0.2) is 21.9 Å². The first-order valence-corrected chi connectivity index (χ1v) is 5.85. The third kappa shape index (κ3) is 3.03. The minimum Gasteiger partial charge on any atom is -0.469 e. The highest BCUT2D eigenvalue weighted by molar-refractivity contribution is 5.97. The second-order valence-electron chi connectivity index (χ2n) is 4.23. The first-order valence-electron chi connectivity index (χ1n) is 5.85. The summed E-state index contributed by atoms with van der Waals surface area (Å²) in [6.07, 6.45) is 2.14. The van der Waals surface area contributed by atoms with Gasteiger partial charge in [-0.25, -0.2) is 0 Å². The normalized spacial score (nSPS) is 11.9. The van der Waals surface area contributed by atoms with Gasteiger partial charge in [0.2, 0.25) is 0 Å². The van der Waals surface area contributed by atoms with Crippen LogP contribution in [0.5, 0.6) is 0 Å². The van der Waals surface area contributed by atoms with Crippen molar-refractivity contribution in [2.75, 3.05) is 6.54 Å². The topological polar surface area (TPSA) is 92.1 Å². The van der Waals surface area contributed by atoms with Crippen LogP contribution in [0, 0.1) is 0 Å². The number of aryl methyl sites for hydroxylation is 1. The van der Waals surface area contributed by atoms with E-state index in [1.807, 2.05) is 20.8 Å². The highest BCUT2D eigenvalue weighted by Crippen LogP contribution is 2.15. The molecule has 1 amide bonds. The summed E-state index contributed by atoms with van der Waals surface area (Å²) in [6, 6.07) is 1.58. The zero-order chi connectivity index (χ0) is 13.7. The van der Waals surface area contributed by atoms with E-state index in [0.717, 1.165) is 0 Å². The Hall–Kier alpha value is -1.98. The molecule has 1 rings (SSSR count). The van der Waals surface area contributed by atoms with Gasteiger partial charge in [0.05, 0.1) is 18.4 Å². The predicted molar refractivity (Wildman–Crippen MR) is 67.7 cm³/mol. The van der Waals surface area contributed by atoms with Crippen LogP contribution in [0.4, 0.5) is 0 Å². The maximum atomic E-state index is 12.4. The van der Waals surface area contributed by atoms with E-state index < -0.39 is 0 Å². The molecular formula is C12H19N3O3. The number of furan rings is 1. The zero-order valence-corrected chi connectivity index (χ0v) is 10.9. The Labute approximate surface area is 106 Å². The molecule has 100 valence electrons. The minimum atomic E-state index is -0.179. The van der Waals surface area contributed by atoms with Crippen LogP contribution in [0.2, 0.25) is 0 Å². The molecule has 0 aliphatic heterocycles. The van der Waals surface area contributed by atoms with Crippen LogP contribution in [0.25, 0.3) is 0 Å². The molecule has 0 saturated carbocycles. The van der Waals surface area contributed by atoms with Gasteiger partial charge < -0.3 is 20.3 Å². The molecule has 0 atom stereocenters. The molecule has 1 aromatic rings. The molecule has 0 spiro atoms. The van der Waals surface area contributed by atoms with E-state index in [-0.39, 0.29) is 24.3 Å². The highest BCUT2D eigenvalue weighted by atomic mass is 16.4. The molecule has 18 heavy (non-hydrogen) atoms. The summed E-state index contributed by atoms with van der Waals surface area (Å²) in [4.78, 5) is 13.9. The van der Waals surface area contributed by atoms with Gasteiger partial charge in [-0.3, -0.25) is 4.79 Å². The second-order valence-corrected chi connectivity index (χ2v) is 4.23. The molecule has 6 nitrogen and oxygen atoms in total. The van der Waals surface area contributed by atoms with Crippen molar-refractivity contribution in [1.82, 2.24) is 4.90 Å². The van der Waals surface area contributed by atoms with Crippen LogP contribution >= 0.6 is 0 Å². The van der Waals surface area contributed by atoms with Crippen LogP contribution in [0.1, 0.15) is 36.9 Å². The van der Waals surface area contributed by atoms with E-state index in [0.29, 0.717) is 17.7 Å². The molecule has 3 N–H and O–H groups in total. The standard InChI is InChI=1S/C12H19N3O3/c1-4-10-9(5-6-18-10)12(16)15(8(2)3)7-11(13)14-17/h5-6,8,17H,4,7H2,1-3H3,(H2,13,14). The minimum absolute atomic E-state index is 0.00130. The van der Waals surface area contributed by atoms with Crippen molar-refractivity contribution in [3.8, 4) is 0 Å². The van der Waals surface area contributed by atoms with Gasteiger partial charge in [0.25, 0.3) is 5.91 Å².